The maximum Gasteiger partial charge on any atom is 0.132 e. The van der Waals surface area contributed by atoms with Gasteiger partial charge in [-0.05, 0) is 24.6 Å². The third-order valence-electron chi connectivity index (χ3n) is 2.19. The maximum atomic E-state index is 13.5. The molecule has 0 heterocycles. The minimum Gasteiger partial charge on any atom is -0.496 e. The first-order chi connectivity index (χ1) is 7.24. The van der Waals surface area contributed by atoms with Crippen molar-refractivity contribution in [3.8, 4) is 5.75 Å². The van der Waals surface area contributed by atoms with Gasteiger partial charge in [-0.15, -0.1) is 0 Å². The lowest BCUT2D eigenvalue weighted by atomic mass is 10.1. The summed E-state index contributed by atoms with van der Waals surface area (Å²) >= 11 is 0. The van der Waals surface area contributed by atoms with Crippen molar-refractivity contribution in [1.29, 1.82) is 0 Å². The average Bonchev–Trinajstić information content (AvgIpc) is 2.24. The Bertz CT molecular complexity index is 329. The topological polar surface area (TPSA) is 44.5 Å². The normalized spacial score (nSPS) is 10.4. The highest BCUT2D eigenvalue weighted by molar-refractivity contribution is 5.42. The molecule has 3 nitrogen and oxygen atoms in total. The van der Waals surface area contributed by atoms with E-state index in [0.717, 1.165) is 5.56 Å². The molecule has 0 unspecified atom stereocenters. The molecule has 84 valence electrons. The van der Waals surface area contributed by atoms with Gasteiger partial charge in [0.25, 0.3) is 0 Å². The molecule has 0 amide bonds. The fraction of sp³-hybridized carbons (Fsp3) is 0.455. The average molecular weight is 213 g/mol. The summed E-state index contributed by atoms with van der Waals surface area (Å²) in [6, 6.07) is 3.11. The van der Waals surface area contributed by atoms with E-state index in [4.69, 9.17) is 15.2 Å². The van der Waals surface area contributed by atoms with Gasteiger partial charge >= 0.3 is 0 Å². The number of nitrogens with two attached hydrogens (primary N) is 1. The predicted molar refractivity (Wildman–Crippen MR) is 56.4 cm³/mol. The molecule has 0 saturated carbocycles. The summed E-state index contributed by atoms with van der Waals surface area (Å²) < 4.78 is 23.6. The second-order valence-corrected chi connectivity index (χ2v) is 3.19. The number of rotatable bonds is 5. The van der Waals surface area contributed by atoms with Gasteiger partial charge in [0.15, 0.2) is 0 Å². The van der Waals surface area contributed by atoms with Crippen LogP contribution < -0.4 is 10.5 Å². The van der Waals surface area contributed by atoms with Crippen molar-refractivity contribution in [2.75, 3.05) is 20.8 Å². The summed E-state index contributed by atoms with van der Waals surface area (Å²) in [5.41, 5.74) is 6.83. The number of hydrogen-bond acceptors (Lipinski definition) is 3. The molecule has 2 N–H and O–H groups in total. The number of ether oxygens (including phenoxy) is 2. The largest absolute Gasteiger partial charge is 0.496 e. The molecule has 0 radical (unpaired) electrons. The molecule has 0 spiro atoms. The van der Waals surface area contributed by atoms with Gasteiger partial charge in [-0.3, -0.25) is 0 Å². The van der Waals surface area contributed by atoms with E-state index in [9.17, 15) is 4.39 Å². The molecule has 0 aliphatic rings. The first-order valence-corrected chi connectivity index (χ1v) is 4.77. The van der Waals surface area contributed by atoms with E-state index in [0.29, 0.717) is 24.3 Å². The summed E-state index contributed by atoms with van der Waals surface area (Å²) in [6.45, 7) is 0.710. The van der Waals surface area contributed by atoms with E-state index >= 15 is 0 Å². The highest BCUT2D eigenvalue weighted by Gasteiger charge is 2.13. The monoisotopic (exact) mass is 213 g/mol. The second-order valence-electron chi connectivity index (χ2n) is 3.19. The quantitative estimate of drug-likeness (QED) is 0.805. The van der Waals surface area contributed by atoms with E-state index in [2.05, 4.69) is 0 Å². The van der Waals surface area contributed by atoms with Gasteiger partial charge in [-0.25, -0.2) is 4.39 Å². The van der Waals surface area contributed by atoms with Crippen molar-refractivity contribution in [3.63, 3.8) is 0 Å². The Kier molecular flexibility index (Phi) is 4.52. The molecule has 15 heavy (non-hydrogen) atoms. The van der Waals surface area contributed by atoms with Crippen LogP contribution in [0.3, 0.4) is 0 Å². The summed E-state index contributed by atoms with van der Waals surface area (Å²) in [4.78, 5) is 0. The molecule has 1 aromatic rings. The lowest BCUT2D eigenvalue weighted by molar-refractivity contribution is 0.177. The van der Waals surface area contributed by atoms with Crippen molar-refractivity contribution in [3.05, 3.63) is 29.1 Å². The van der Waals surface area contributed by atoms with Crippen molar-refractivity contribution in [1.82, 2.24) is 0 Å². The van der Waals surface area contributed by atoms with Crippen LogP contribution in [-0.4, -0.2) is 20.8 Å². The van der Waals surface area contributed by atoms with Crippen LogP contribution in [0.25, 0.3) is 0 Å². The fourth-order valence-electron chi connectivity index (χ4n) is 1.54. The van der Waals surface area contributed by atoms with E-state index in [1.165, 1.54) is 20.3 Å². The smallest absolute Gasteiger partial charge is 0.132 e. The van der Waals surface area contributed by atoms with Crippen LogP contribution in [-0.2, 0) is 17.8 Å². The number of hydrogen-bond donors (Lipinski definition) is 1. The van der Waals surface area contributed by atoms with E-state index in [1.54, 1.807) is 6.07 Å². The summed E-state index contributed by atoms with van der Waals surface area (Å²) in [7, 11) is 3.04. The Hall–Kier alpha value is -1.13. The van der Waals surface area contributed by atoms with E-state index < -0.39 is 0 Å². The predicted octanol–water partition coefficient (Wildman–Crippen LogP) is 1.48. The zero-order valence-electron chi connectivity index (χ0n) is 9.05. The third kappa shape index (κ3) is 2.67. The summed E-state index contributed by atoms with van der Waals surface area (Å²) in [5, 5.41) is 0. The first-order valence-electron chi connectivity index (χ1n) is 4.77. The van der Waals surface area contributed by atoms with Crippen LogP contribution in [0.2, 0.25) is 0 Å². The van der Waals surface area contributed by atoms with Crippen LogP contribution in [0.4, 0.5) is 4.39 Å². The Balaban J connectivity index is 3.14. The molecule has 0 aliphatic carbocycles. The zero-order chi connectivity index (χ0) is 11.3. The van der Waals surface area contributed by atoms with Gasteiger partial charge in [-0.1, -0.05) is 6.07 Å². The van der Waals surface area contributed by atoms with Gasteiger partial charge in [0.1, 0.15) is 11.6 Å². The van der Waals surface area contributed by atoms with Crippen molar-refractivity contribution >= 4 is 0 Å². The molecule has 1 aromatic carbocycles. The van der Waals surface area contributed by atoms with E-state index in [1.807, 2.05) is 0 Å². The minimum absolute atomic E-state index is 0.202. The van der Waals surface area contributed by atoms with E-state index in [-0.39, 0.29) is 12.4 Å². The summed E-state index contributed by atoms with van der Waals surface area (Å²) in [5.74, 6) is 0.233. The molecule has 4 heteroatoms. The number of benzene rings is 1. The van der Waals surface area contributed by atoms with Gasteiger partial charge in [0.05, 0.1) is 19.3 Å². The Morgan fingerprint density at radius 2 is 2.07 bits per heavy atom. The Morgan fingerprint density at radius 1 is 1.33 bits per heavy atom. The molecular weight excluding hydrogens is 197 g/mol. The molecule has 0 aromatic heterocycles. The van der Waals surface area contributed by atoms with Gasteiger partial charge < -0.3 is 15.2 Å². The third-order valence-corrected chi connectivity index (χ3v) is 2.19. The first kappa shape index (κ1) is 11.9. The molecule has 0 aliphatic heterocycles. The SMILES string of the molecule is COCc1c(F)ccc(CCN)c1OC. The van der Waals surface area contributed by atoms with Crippen LogP contribution in [0, 0.1) is 5.82 Å². The van der Waals surface area contributed by atoms with Gasteiger partial charge in [0, 0.05) is 7.11 Å². The summed E-state index contributed by atoms with van der Waals surface area (Å²) in [6.07, 6.45) is 0.667. The standard InChI is InChI=1S/C11H16FNO2/c1-14-7-9-10(12)4-3-8(5-6-13)11(9)15-2/h3-4H,5-7,13H2,1-2H3. The van der Waals surface area contributed by atoms with Crippen molar-refractivity contribution < 1.29 is 13.9 Å². The second kappa shape index (κ2) is 5.68. The minimum atomic E-state index is -0.311. The van der Waals surface area contributed by atoms with Crippen LogP contribution in [0.15, 0.2) is 12.1 Å². The van der Waals surface area contributed by atoms with Crippen molar-refractivity contribution in [2.24, 2.45) is 5.73 Å². The van der Waals surface area contributed by atoms with Gasteiger partial charge in [0.2, 0.25) is 0 Å². The van der Waals surface area contributed by atoms with Crippen molar-refractivity contribution in [2.45, 2.75) is 13.0 Å². The highest BCUT2D eigenvalue weighted by Crippen LogP contribution is 2.27. The zero-order valence-corrected chi connectivity index (χ0v) is 9.05. The van der Waals surface area contributed by atoms with Crippen LogP contribution in [0.5, 0.6) is 5.75 Å². The molecule has 0 bridgehead atoms. The number of halogens is 1. The Morgan fingerprint density at radius 3 is 2.60 bits per heavy atom. The highest BCUT2D eigenvalue weighted by atomic mass is 19.1. The lowest BCUT2D eigenvalue weighted by Gasteiger charge is -2.13. The maximum absolute atomic E-state index is 13.5. The molecule has 0 atom stereocenters. The molecule has 1 rings (SSSR count). The van der Waals surface area contributed by atoms with Gasteiger partial charge in [-0.2, -0.15) is 0 Å². The fourth-order valence-corrected chi connectivity index (χ4v) is 1.54. The lowest BCUT2D eigenvalue weighted by Crippen LogP contribution is -2.07. The van der Waals surface area contributed by atoms with Crippen LogP contribution in [0.1, 0.15) is 11.1 Å². The molecular formula is C11H16FNO2. The van der Waals surface area contributed by atoms with Crippen LogP contribution >= 0.6 is 0 Å². The molecule has 0 saturated heterocycles. The number of methoxy groups -OCH3 is 2. The molecule has 0 fully saturated rings. The Labute approximate surface area is 89.0 Å².